The minimum Gasteiger partial charge on any atom is -0.465 e. The number of esters is 2. The van der Waals surface area contributed by atoms with Gasteiger partial charge in [0.1, 0.15) is 12.1 Å². The molecule has 0 amide bonds. The second-order valence-electron chi connectivity index (χ2n) is 8.20. The molecule has 154 valence electrons. The molecule has 2 saturated heterocycles. The molecule has 27 heavy (non-hydrogen) atoms. The molecule has 6 atom stereocenters. The van der Waals surface area contributed by atoms with E-state index in [9.17, 15) is 9.59 Å². The second-order valence-corrected chi connectivity index (χ2v) is 9.50. The van der Waals surface area contributed by atoms with E-state index in [1.165, 1.54) is 12.8 Å². The molecule has 4 unspecified atom stereocenters. The zero-order valence-electron chi connectivity index (χ0n) is 16.5. The Bertz CT molecular complexity index is 532. The summed E-state index contributed by atoms with van der Waals surface area (Å²) >= 11 is 3.69. The Morgan fingerprint density at radius 3 is 2.52 bits per heavy atom. The average molecular weight is 445 g/mol. The highest BCUT2D eigenvalue weighted by Gasteiger charge is 2.41. The first-order valence-electron chi connectivity index (χ1n) is 10.5. The number of hydrogen-bond donors (Lipinski definition) is 1. The van der Waals surface area contributed by atoms with Gasteiger partial charge in [-0.25, -0.2) is 0 Å². The lowest BCUT2D eigenvalue weighted by Crippen LogP contribution is -2.51. The Hall–Kier alpha value is -0.660. The van der Waals surface area contributed by atoms with E-state index in [2.05, 4.69) is 26.1 Å². The fourth-order valence-corrected chi connectivity index (χ4v) is 5.84. The van der Waals surface area contributed by atoms with Gasteiger partial charge in [0.05, 0.1) is 13.2 Å². The van der Waals surface area contributed by atoms with Crippen molar-refractivity contribution < 1.29 is 19.1 Å². The molecule has 6 nitrogen and oxygen atoms in total. The van der Waals surface area contributed by atoms with Crippen LogP contribution in [0.5, 0.6) is 0 Å². The van der Waals surface area contributed by atoms with Crippen LogP contribution in [0.15, 0.2) is 0 Å². The lowest BCUT2D eigenvalue weighted by atomic mass is 9.69. The number of carbonyl (C=O) groups excluding carboxylic acids is 2. The topological polar surface area (TPSA) is 67.9 Å². The van der Waals surface area contributed by atoms with Crippen molar-refractivity contribution in [2.75, 3.05) is 32.8 Å². The lowest BCUT2D eigenvalue weighted by molar-refractivity contribution is -0.149. The van der Waals surface area contributed by atoms with Crippen LogP contribution < -0.4 is 5.32 Å². The highest BCUT2D eigenvalue weighted by Crippen LogP contribution is 2.40. The molecule has 1 saturated carbocycles. The highest BCUT2D eigenvalue weighted by atomic mass is 79.9. The molecule has 0 bridgehead atoms. The van der Waals surface area contributed by atoms with Gasteiger partial charge in [-0.05, 0) is 70.3 Å². The summed E-state index contributed by atoms with van der Waals surface area (Å²) in [4.78, 5) is 27.1. The molecular weight excluding hydrogens is 412 g/mol. The van der Waals surface area contributed by atoms with Gasteiger partial charge in [-0.15, -0.1) is 0 Å². The summed E-state index contributed by atoms with van der Waals surface area (Å²) in [6, 6.07) is -0.275. The number of fused-ring (bicyclic) bond motifs is 1. The fourth-order valence-electron chi connectivity index (χ4n) is 5.11. The Labute approximate surface area is 170 Å². The average Bonchev–Trinajstić information content (AvgIpc) is 3.02. The Morgan fingerprint density at radius 1 is 1.04 bits per heavy atom. The molecule has 1 N–H and O–H groups in total. The van der Waals surface area contributed by atoms with Gasteiger partial charge in [0.15, 0.2) is 0 Å². The number of nitrogens with one attached hydrogen (secondary N) is 1. The zero-order chi connectivity index (χ0) is 19.4. The smallest absolute Gasteiger partial charge is 0.323 e. The van der Waals surface area contributed by atoms with Crippen molar-refractivity contribution in [1.82, 2.24) is 10.2 Å². The van der Waals surface area contributed by atoms with Crippen LogP contribution in [0.3, 0.4) is 0 Å². The molecular formula is C20H33BrN2O4. The summed E-state index contributed by atoms with van der Waals surface area (Å²) in [5, 5.41) is 3.38. The number of likely N-dealkylation sites (tertiary alicyclic amines) is 1. The number of piperidine rings is 1. The molecule has 0 aromatic rings. The second kappa shape index (κ2) is 9.70. The maximum Gasteiger partial charge on any atom is 0.323 e. The van der Waals surface area contributed by atoms with E-state index >= 15 is 0 Å². The van der Waals surface area contributed by atoms with Crippen LogP contribution >= 0.6 is 15.9 Å². The molecule has 3 rings (SSSR count). The third-order valence-electron chi connectivity index (χ3n) is 6.39. The van der Waals surface area contributed by atoms with Crippen molar-refractivity contribution in [2.45, 2.75) is 62.9 Å². The first-order valence-corrected chi connectivity index (χ1v) is 11.4. The first kappa shape index (κ1) is 21.1. The van der Waals surface area contributed by atoms with Crippen molar-refractivity contribution in [3.05, 3.63) is 0 Å². The van der Waals surface area contributed by atoms with E-state index in [1.807, 2.05) is 13.8 Å². The van der Waals surface area contributed by atoms with E-state index in [4.69, 9.17) is 9.47 Å². The number of nitrogens with zero attached hydrogens (tertiary/aromatic N) is 1. The maximum atomic E-state index is 12.3. The Kier molecular flexibility index (Phi) is 7.57. The van der Waals surface area contributed by atoms with Crippen LogP contribution in [0.1, 0.15) is 46.0 Å². The molecule has 0 aromatic carbocycles. The number of alkyl halides is 1. The number of carbonyl (C=O) groups is 2. The predicted molar refractivity (Wildman–Crippen MR) is 107 cm³/mol. The number of rotatable bonds is 6. The number of halogens is 1. The quantitative estimate of drug-likeness (QED) is 0.500. The molecule has 3 fully saturated rings. The van der Waals surface area contributed by atoms with Gasteiger partial charge < -0.3 is 14.8 Å². The predicted octanol–water partition coefficient (Wildman–Crippen LogP) is 2.34. The molecule has 7 heteroatoms. The first-order chi connectivity index (χ1) is 13.0. The summed E-state index contributed by atoms with van der Waals surface area (Å²) in [5.74, 6) is 1.62. The summed E-state index contributed by atoms with van der Waals surface area (Å²) in [6.45, 7) is 7.36. The van der Waals surface area contributed by atoms with Gasteiger partial charge in [0.2, 0.25) is 0 Å². The largest absolute Gasteiger partial charge is 0.465 e. The molecule has 2 aliphatic heterocycles. The van der Waals surface area contributed by atoms with Crippen molar-refractivity contribution in [3.8, 4) is 0 Å². The highest BCUT2D eigenvalue weighted by molar-refractivity contribution is 9.09. The van der Waals surface area contributed by atoms with Crippen molar-refractivity contribution in [1.29, 1.82) is 0 Å². The van der Waals surface area contributed by atoms with E-state index in [1.54, 1.807) is 0 Å². The van der Waals surface area contributed by atoms with Crippen LogP contribution in [0, 0.1) is 17.8 Å². The van der Waals surface area contributed by atoms with Crippen molar-refractivity contribution in [3.63, 3.8) is 0 Å². The molecule has 0 aromatic heterocycles. The van der Waals surface area contributed by atoms with Crippen molar-refractivity contribution >= 4 is 27.9 Å². The minimum atomic E-state index is -0.157. The third kappa shape index (κ3) is 5.24. The standard InChI is InChI=1S/C20H33BrN2O4/c1-3-26-19(24)17-8-15-7-13(5-6-14(15)10-22-17)11-23-12-16(21)9-18(23)20(25)27-4-2/h13-18,22H,3-12H2,1-2H3/t13?,14?,15?,16-,17?,18-/m0/s1. The summed E-state index contributed by atoms with van der Waals surface area (Å²) in [7, 11) is 0. The fraction of sp³-hybridized carbons (Fsp3) is 0.900. The van der Waals surface area contributed by atoms with Crippen LogP contribution in [0.25, 0.3) is 0 Å². The SMILES string of the molecule is CCOC(=O)C1CC2CC(CN3C[C@@H](Br)C[C@H]3C(=O)OCC)CCC2CN1. The van der Waals surface area contributed by atoms with Gasteiger partial charge >= 0.3 is 11.9 Å². The van der Waals surface area contributed by atoms with Crippen LogP contribution in [-0.2, 0) is 19.1 Å². The molecule has 0 radical (unpaired) electrons. The zero-order valence-corrected chi connectivity index (χ0v) is 18.1. The van der Waals surface area contributed by atoms with Gasteiger partial charge in [-0.3, -0.25) is 14.5 Å². The van der Waals surface area contributed by atoms with Gasteiger partial charge in [0, 0.05) is 17.9 Å². The third-order valence-corrected chi connectivity index (χ3v) is 7.05. The number of ether oxygens (including phenoxy) is 2. The van der Waals surface area contributed by atoms with E-state index in [0.717, 1.165) is 38.9 Å². The van der Waals surface area contributed by atoms with Gasteiger partial charge in [-0.1, -0.05) is 15.9 Å². The molecule has 1 aliphatic carbocycles. The normalized spacial score (nSPS) is 36.9. The van der Waals surface area contributed by atoms with E-state index in [-0.39, 0.29) is 24.0 Å². The monoisotopic (exact) mass is 444 g/mol. The summed E-state index contributed by atoms with van der Waals surface area (Å²) in [5.41, 5.74) is 0. The van der Waals surface area contributed by atoms with Crippen LogP contribution in [-0.4, -0.2) is 66.6 Å². The lowest BCUT2D eigenvalue weighted by Gasteiger charge is -2.43. The molecule has 3 aliphatic rings. The van der Waals surface area contributed by atoms with E-state index in [0.29, 0.717) is 35.8 Å². The summed E-state index contributed by atoms with van der Waals surface area (Å²) in [6.07, 6.45) is 5.25. The molecule has 2 heterocycles. The Balaban J connectivity index is 1.55. The Morgan fingerprint density at radius 2 is 1.78 bits per heavy atom. The number of hydrogen-bond acceptors (Lipinski definition) is 6. The van der Waals surface area contributed by atoms with Crippen LogP contribution in [0.2, 0.25) is 0 Å². The molecule has 0 spiro atoms. The van der Waals surface area contributed by atoms with E-state index < -0.39 is 0 Å². The van der Waals surface area contributed by atoms with Crippen LogP contribution in [0.4, 0.5) is 0 Å². The van der Waals surface area contributed by atoms with Crippen molar-refractivity contribution in [2.24, 2.45) is 17.8 Å². The minimum absolute atomic E-state index is 0.0858. The maximum absolute atomic E-state index is 12.3. The van der Waals surface area contributed by atoms with Gasteiger partial charge in [0.25, 0.3) is 0 Å². The van der Waals surface area contributed by atoms with Gasteiger partial charge in [-0.2, -0.15) is 0 Å². The summed E-state index contributed by atoms with van der Waals surface area (Å²) < 4.78 is 10.5.